The second-order valence-electron chi connectivity index (χ2n) is 2.78. The second kappa shape index (κ2) is 4.32. The molecule has 0 radical (unpaired) electrons. The number of allylic oxidation sites excluding steroid dienone is 1. The number of benzene rings is 1. The summed E-state index contributed by atoms with van der Waals surface area (Å²) in [7, 11) is 0. The van der Waals surface area contributed by atoms with Gasteiger partial charge in [0.25, 0.3) is 0 Å². The van der Waals surface area contributed by atoms with Gasteiger partial charge < -0.3 is 5.73 Å². The summed E-state index contributed by atoms with van der Waals surface area (Å²) in [6.45, 7) is 2.10. The van der Waals surface area contributed by atoms with Gasteiger partial charge in [0.15, 0.2) is 0 Å². The van der Waals surface area contributed by atoms with E-state index in [4.69, 9.17) is 11.0 Å². The summed E-state index contributed by atoms with van der Waals surface area (Å²) < 4.78 is 0. The maximum Gasteiger partial charge on any atom is 0.0933 e. The Morgan fingerprint density at radius 1 is 1.46 bits per heavy atom. The van der Waals surface area contributed by atoms with Crippen molar-refractivity contribution in [3.8, 4) is 6.07 Å². The summed E-state index contributed by atoms with van der Waals surface area (Å²) in [6.07, 6.45) is 2.36. The molecule has 0 heterocycles. The van der Waals surface area contributed by atoms with Crippen LogP contribution in [-0.2, 0) is 6.42 Å². The summed E-state index contributed by atoms with van der Waals surface area (Å²) in [5.74, 6) is 0. The molecule has 0 aliphatic carbocycles. The van der Waals surface area contributed by atoms with Crippen molar-refractivity contribution in [1.82, 2.24) is 0 Å². The molecule has 2 nitrogen and oxygen atoms in total. The summed E-state index contributed by atoms with van der Waals surface area (Å²) in [5, 5.41) is 8.39. The van der Waals surface area contributed by atoms with E-state index < -0.39 is 0 Å². The highest BCUT2D eigenvalue weighted by Crippen LogP contribution is 2.10. The molecular weight excluding hydrogens is 160 g/mol. The highest BCUT2D eigenvalue weighted by atomic mass is 14.6. The molecule has 0 amide bonds. The molecule has 0 saturated heterocycles. The van der Waals surface area contributed by atoms with Crippen molar-refractivity contribution < 1.29 is 0 Å². The zero-order valence-corrected chi connectivity index (χ0v) is 7.62. The first-order valence-electron chi connectivity index (χ1n) is 4.22. The topological polar surface area (TPSA) is 49.8 Å². The maximum absolute atomic E-state index is 8.39. The van der Waals surface area contributed by atoms with Crippen molar-refractivity contribution >= 4 is 5.70 Å². The Kier molecular flexibility index (Phi) is 3.10. The first-order valence-corrected chi connectivity index (χ1v) is 4.22. The van der Waals surface area contributed by atoms with Gasteiger partial charge in [-0.25, -0.2) is 0 Å². The van der Waals surface area contributed by atoms with Gasteiger partial charge in [-0.1, -0.05) is 31.2 Å². The van der Waals surface area contributed by atoms with Gasteiger partial charge in [0.2, 0.25) is 0 Å². The van der Waals surface area contributed by atoms with Crippen LogP contribution >= 0.6 is 0 Å². The van der Waals surface area contributed by atoms with Gasteiger partial charge in [-0.2, -0.15) is 5.26 Å². The van der Waals surface area contributed by atoms with Gasteiger partial charge in [-0.05, 0) is 17.5 Å². The van der Waals surface area contributed by atoms with Crippen LogP contribution < -0.4 is 5.73 Å². The SMILES string of the molecule is CCc1ccc(C(N)=CC#N)cc1. The Balaban J connectivity index is 2.94. The van der Waals surface area contributed by atoms with Crippen LogP contribution in [0.3, 0.4) is 0 Å². The third-order valence-electron chi connectivity index (χ3n) is 1.92. The number of hydrogen-bond acceptors (Lipinski definition) is 2. The third kappa shape index (κ3) is 2.34. The molecular formula is C11H12N2. The van der Waals surface area contributed by atoms with Crippen LogP contribution in [0.25, 0.3) is 5.70 Å². The average molecular weight is 172 g/mol. The van der Waals surface area contributed by atoms with E-state index >= 15 is 0 Å². The molecule has 0 aliphatic heterocycles. The largest absolute Gasteiger partial charge is 0.398 e. The van der Waals surface area contributed by atoms with Gasteiger partial charge in [0.05, 0.1) is 6.07 Å². The first kappa shape index (κ1) is 9.34. The van der Waals surface area contributed by atoms with Crippen molar-refractivity contribution in [3.05, 3.63) is 41.5 Å². The average Bonchev–Trinajstić information content (AvgIpc) is 2.18. The van der Waals surface area contributed by atoms with E-state index in [-0.39, 0.29) is 0 Å². The van der Waals surface area contributed by atoms with Crippen LogP contribution in [0.4, 0.5) is 0 Å². The van der Waals surface area contributed by atoms with Crippen molar-refractivity contribution in [3.63, 3.8) is 0 Å². The van der Waals surface area contributed by atoms with Gasteiger partial charge in [-0.15, -0.1) is 0 Å². The summed E-state index contributed by atoms with van der Waals surface area (Å²) in [4.78, 5) is 0. The van der Waals surface area contributed by atoms with E-state index in [1.807, 2.05) is 30.3 Å². The number of rotatable bonds is 2. The normalized spacial score (nSPS) is 10.9. The lowest BCUT2D eigenvalue weighted by Crippen LogP contribution is -1.95. The van der Waals surface area contributed by atoms with Gasteiger partial charge in [0, 0.05) is 11.8 Å². The monoisotopic (exact) mass is 172 g/mol. The molecule has 0 bridgehead atoms. The predicted octanol–water partition coefficient (Wildman–Crippen LogP) is 2.07. The van der Waals surface area contributed by atoms with Crippen LogP contribution in [0.2, 0.25) is 0 Å². The Labute approximate surface area is 78.3 Å². The number of aryl methyl sites for hydroxylation is 1. The molecule has 1 rings (SSSR count). The molecule has 0 fully saturated rings. The lowest BCUT2D eigenvalue weighted by molar-refractivity contribution is 1.14. The molecule has 2 heteroatoms. The molecule has 0 spiro atoms. The van der Waals surface area contributed by atoms with Crippen LogP contribution in [0, 0.1) is 11.3 Å². The Morgan fingerprint density at radius 2 is 2.08 bits per heavy atom. The highest BCUT2D eigenvalue weighted by molar-refractivity contribution is 5.64. The van der Waals surface area contributed by atoms with E-state index in [0.717, 1.165) is 12.0 Å². The Morgan fingerprint density at radius 3 is 2.54 bits per heavy atom. The molecule has 1 aromatic carbocycles. The molecule has 66 valence electrons. The van der Waals surface area contributed by atoms with E-state index in [1.54, 1.807) is 0 Å². The van der Waals surface area contributed by atoms with Crippen molar-refractivity contribution in [2.75, 3.05) is 0 Å². The summed E-state index contributed by atoms with van der Waals surface area (Å²) in [6, 6.07) is 9.82. The fourth-order valence-corrected chi connectivity index (χ4v) is 1.09. The number of nitriles is 1. The quantitative estimate of drug-likeness (QED) is 0.694. The smallest absolute Gasteiger partial charge is 0.0933 e. The van der Waals surface area contributed by atoms with Crippen LogP contribution in [0.15, 0.2) is 30.3 Å². The molecule has 13 heavy (non-hydrogen) atoms. The molecule has 0 saturated carbocycles. The number of nitrogens with two attached hydrogens (primary N) is 1. The molecule has 0 unspecified atom stereocenters. The molecule has 0 atom stereocenters. The van der Waals surface area contributed by atoms with Gasteiger partial charge >= 0.3 is 0 Å². The summed E-state index contributed by atoms with van der Waals surface area (Å²) >= 11 is 0. The van der Waals surface area contributed by atoms with E-state index in [1.165, 1.54) is 11.6 Å². The highest BCUT2D eigenvalue weighted by Gasteiger charge is 1.95. The lowest BCUT2D eigenvalue weighted by atomic mass is 10.1. The van der Waals surface area contributed by atoms with E-state index in [2.05, 4.69) is 6.92 Å². The number of nitrogens with zero attached hydrogens (tertiary/aromatic N) is 1. The lowest BCUT2D eigenvalue weighted by Gasteiger charge is -2.00. The maximum atomic E-state index is 8.39. The minimum absolute atomic E-state index is 0.519. The predicted molar refractivity (Wildman–Crippen MR) is 53.6 cm³/mol. The molecule has 0 aliphatic rings. The molecule has 1 aromatic rings. The molecule has 0 aromatic heterocycles. The fraction of sp³-hybridized carbons (Fsp3) is 0.182. The zero-order valence-electron chi connectivity index (χ0n) is 7.62. The second-order valence-corrected chi connectivity index (χ2v) is 2.78. The Hall–Kier alpha value is -1.75. The summed E-state index contributed by atoms with van der Waals surface area (Å²) in [5.41, 5.74) is 8.33. The van der Waals surface area contributed by atoms with Gasteiger partial charge in [0.1, 0.15) is 0 Å². The molecule has 2 N–H and O–H groups in total. The first-order chi connectivity index (χ1) is 6.27. The zero-order chi connectivity index (χ0) is 9.68. The third-order valence-corrected chi connectivity index (χ3v) is 1.92. The van der Waals surface area contributed by atoms with Crippen molar-refractivity contribution in [1.29, 1.82) is 5.26 Å². The van der Waals surface area contributed by atoms with E-state index in [9.17, 15) is 0 Å². The van der Waals surface area contributed by atoms with Crippen LogP contribution in [0.1, 0.15) is 18.1 Å². The number of hydrogen-bond donors (Lipinski definition) is 1. The van der Waals surface area contributed by atoms with E-state index in [0.29, 0.717) is 5.70 Å². The van der Waals surface area contributed by atoms with Crippen LogP contribution in [-0.4, -0.2) is 0 Å². The minimum atomic E-state index is 0.519. The van der Waals surface area contributed by atoms with Crippen molar-refractivity contribution in [2.45, 2.75) is 13.3 Å². The minimum Gasteiger partial charge on any atom is -0.398 e. The van der Waals surface area contributed by atoms with Crippen molar-refractivity contribution in [2.24, 2.45) is 5.73 Å². The standard InChI is InChI=1S/C11H12N2/c1-2-9-3-5-10(6-4-9)11(13)7-8-12/h3-7H,2,13H2,1H3. The Bertz CT molecular complexity index is 341. The fourth-order valence-electron chi connectivity index (χ4n) is 1.09. The van der Waals surface area contributed by atoms with Gasteiger partial charge in [-0.3, -0.25) is 0 Å². The van der Waals surface area contributed by atoms with Crippen LogP contribution in [0.5, 0.6) is 0 Å².